The fourth-order valence-corrected chi connectivity index (χ4v) is 4.41. The van der Waals surface area contributed by atoms with E-state index in [-0.39, 0.29) is 11.3 Å². The molecule has 2 unspecified atom stereocenters. The lowest BCUT2D eigenvalue weighted by Crippen LogP contribution is -2.40. The molecule has 1 aliphatic carbocycles. The van der Waals surface area contributed by atoms with E-state index >= 15 is 0 Å². The molecule has 19 heavy (non-hydrogen) atoms. The summed E-state index contributed by atoms with van der Waals surface area (Å²) >= 11 is 0. The Morgan fingerprint density at radius 2 is 1.79 bits per heavy atom. The van der Waals surface area contributed by atoms with E-state index in [9.17, 15) is 8.42 Å². The Labute approximate surface area is 119 Å². The molecule has 0 spiro atoms. The molecule has 0 aromatic rings. The fourth-order valence-electron chi connectivity index (χ4n) is 2.99. The SMILES string of the molecule is CC(C)CCCCCCNC1CCCC1S(C)(=O)=O. The standard InChI is InChI=1S/C15H31NO2S/c1-13(2)9-6-4-5-7-12-16-14-10-8-11-15(14)19(3,17)18/h13-16H,4-12H2,1-3H3. The van der Waals surface area contributed by atoms with Gasteiger partial charge in [-0.3, -0.25) is 0 Å². The number of nitrogens with one attached hydrogen (secondary N) is 1. The minimum Gasteiger partial charge on any atom is -0.313 e. The molecule has 1 fully saturated rings. The van der Waals surface area contributed by atoms with Crippen molar-refractivity contribution < 1.29 is 8.42 Å². The van der Waals surface area contributed by atoms with Crippen molar-refractivity contribution >= 4 is 9.84 Å². The van der Waals surface area contributed by atoms with Crippen molar-refractivity contribution in [3.8, 4) is 0 Å². The van der Waals surface area contributed by atoms with E-state index in [0.29, 0.717) is 0 Å². The third-order valence-electron chi connectivity index (χ3n) is 4.12. The van der Waals surface area contributed by atoms with Crippen LogP contribution in [0.5, 0.6) is 0 Å². The van der Waals surface area contributed by atoms with Crippen molar-refractivity contribution in [3.63, 3.8) is 0 Å². The maximum absolute atomic E-state index is 11.6. The highest BCUT2D eigenvalue weighted by Crippen LogP contribution is 2.25. The summed E-state index contributed by atoms with van der Waals surface area (Å²) in [6.45, 7) is 5.51. The highest BCUT2D eigenvalue weighted by molar-refractivity contribution is 7.91. The Bertz CT molecular complexity index is 338. The van der Waals surface area contributed by atoms with Crippen LogP contribution in [0.4, 0.5) is 0 Å². The molecule has 3 nitrogen and oxygen atoms in total. The van der Waals surface area contributed by atoms with Crippen molar-refractivity contribution in [1.82, 2.24) is 5.32 Å². The van der Waals surface area contributed by atoms with Crippen molar-refractivity contribution in [2.45, 2.75) is 76.5 Å². The smallest absolute Gasteiger partial charge is 0.151 e. The maximum Gasteiger partial charge on any atom is 0.151 e. The van der Waals surface area contributed by atoms with Gasteiger partial charge in [0.05, 0.1) is 5.25 Å². The molecule has 4 heteroatoms. The Balaban J connectivity index is 2.09. The first kappa shape index (κ1) is 17.0. The summed E-state index contributed by atoms with van der Waals surface area (Å²) < 4.78 is 23.3. The van der Waals surface area contributed by atoms with Crippen LogP contribution in [0.25, 0.3) is 0 Å². The molecule has 0 radical (unpaired) electrons. The Morgan fingerprint density at radius 3 is 2.42 bits per heavy atom. The summed E-state index contributed by atoms with van der Waals surface area (Å²) in [5.74, 6) is 0.812. The molecule has 1 aliphatic rings. The van der Waals surface area contributed by atoms with E-state index in [1.807, 2.05) is 0 Å². The summed E-state index contributed by atoms with van der Waals surface area (Å²) in [5, 5.41) is 3.31. The lowest BCUT2D eigenvalue weighted by Gasteiger charge is -2.19. The number of sulfone groups is 1. The van der Waals surface area contributed by atoms with Crippen LogP contribution in [0, 0.1) is 5.92 Å². The summed E-state index contributed by atoms with van der Waals surface area (Å²) in [5.41, 5.74) is 0. The van der Waals surface area contributed by atoms with Gasteiger partial charge >= 0.3 is 0 Å². The van der Waals surface area contributed by atoms with Crippen molar-refractivity contribution in [2.75, 3.05) is 12.8 Å². The Morgan fingerprint density at radius 1 is 1.11 bits per heavy atom. The molecule has 0 aromatic carbocycles. The van der Waals surface area contributed by atoms with E-state index in [2.05, 4.69) is 19.2 Å². The van der Waals surface area contributed by atoms with Gasteiger partial charge in [0, 0.05) is 12.3 Å². The minimum absolute atomic E-state index is 0.145. The molecule has 1 saturated carbocycles. The first-order valence-corrected chi connectivity index (χ1v) is 9.79. The third kappa shape index (κ3) is 6.75. The first-order valence-electron chi connectivity index (χ1n) is 7.83. The Kier molecular flexibility index (Phi) is 7.37. The zero-order chi connectivity index (χ0) is 14.3. The normalized spacial score (nSPS) is 24.2. The van der Waals surface area contributed by atoms with Gasteiger partial charge in [-0.25, -0.2) is 8.42 Å². The predicted octanol–water partition coefficient (Wildman–Crippen LogP) is 3.15. The van der Waals surface area contributed by atoms with Crippen LogP contribution in [-0.2, 0) is 9.84 Å². The Hall–Kier alpha value is -0.0900. The van der Waals surface area contributed by atoms with Gasteiger partial charge in [-0.1, -0.05) is 46.0 Å². The monoisotopic (exact) mass is 289 g/mol. The highest BCUT2D eigenvalue weighted by atomic mass is 32.2. The molecule has 0 heterocycles. The second kappa shape index (κ2) is 8.25. The molecule has 0 aromatic heterocycles. The topological polar surface area (TPSA) is 46.2 Å². The molecular formula is C15H31NO2S. The number of unbranched alkanes of at least 4 members (excludes halogenated alkanes) is 3. The second-order valence-corrected chi connectivity index (χ2v) is 8.72. The van der Waals surface area contributed by atoms with Crippen molar-refractivity contribution in [3.05, 3.63) is 0 Å². The zero-order valence-electron chi connectivity index (χ0n) is 12.8. The predicted molar refractivity (Wildman–Crippen MR) is 82.2 cm³/mol. The van der Waals surface area contributed by atoms with Gasteiger partial charge in [0.25, 0.3) is 0 Å². The van der Waals surface area contributed by atoms with Gasteiger partial charge in [-0.15, -0.1) is 0 Å². The van der Waals surface area contributed by atoms with Gasteiger partial charge in [0.2, 0.25) is 0 Å². The summed E-state index contributed by atoms with van der Waals surface area (Å²) in [6.07, 6.45) is 10.7. The minimum atomic E-state index is -2.88. The highest BCUT2D eigenvalue weighted by Gasteiger charge is 2.33. The molecule has 0 saturated heterocycles. The average Bonchev–Trinajstić information content (AvgIpc) is 2.75. The van der Waals surface area contributed by atoms with Crippen LogP contribution in [0.1, 0.15) is 65.2 Å². The second-order valence-electron chi connectivity index (χ2n) is 6.46. The van der Waals surface area contributed by atoms with Crippen LogP contribution in [-0.4, -0.2) is 32.5 Å². The average molecular weight is 289 g/mol. The molecule has 114 valence electrons. The lowest BCUT2D eigenvalue weighted by atomic mass is 10.0. The van der Waals surface area contributed by atoms with Gasteiger partial charge in [0.15, 0.2) is 9.84 Å². The number of hydrogen-bond acceptors (Lipinski definition) is 3. The summed E-state index contributed by atoms with van der Waals surface area (Å²) in [4.78, 5) is 0. The molecule has 2 atom stereocenters. The first-order chi connectivity index (χ1) is 8.91. The van der Waals surface area contributed by atoms with E-state index in [0.717, 1.165) is 31.7 Å². The molecular weight excluding hydrogens is 258 g/mol. The molecule has 0 amide bonds. The van der Waals surface area contributed by atoms with E-state index < -0.39 is 9.84 Å². The van der Waals surface area contributed by atoms with Crippen LogP contribution in [0.3, 0.4) is 0 Å². The summed E-state index contributed by atoms with van der Waals surface area (Å²) in [7, 11) is -2.88. The largest absolute Gasteiger partial charge is 0.313 e. The van der Waals surface area contributed by atoms with E-state index in [1.165, 1.54) is 38.4 Å². The fraction of sp³-hybridized carbons (Fsp3) is 1.00. The van der Waals surface area contributed by atoms with Crippen molar-refractivity contribution in [1.29, 1.82) is 0 Å². The number of hydrogen-bond donors (Lipinski definition) is 1. The van der Waals surface area contributed by atoms with Crippen molar-refractivity contribution in [2.24, 2.45) is 5.92 Å². The van der Waals surface area contributed by atoms with E-state index in [4.69, 9.17) is 0 Å². The third-order valence-corrected chi connectivity index (χ3v) is 5.78. The molecule has 0 bridgehead atoms. The molecule has 0 aliphatic heterocycles. The van der Waals surface area contributed by atoms with E-state index in [1.54, 1.807) is 0 Å². The quantitative estimate of drug-likeness (QED) is 0.663. The van der Waals surface area contributed by atoms with Gasteiger partial charge in [-0.2, -0.15) is 0 Å². The lowest BCUT2D eigenvalue weighted by molar-refractivity contribution is 0.478. The molecule has 1 N–H and O–H groups in total. The van der Waals surface area contributed by atoms with Gasteiger partial charge in [-0.05, 0) is 31.7 Å². The molecule has 1 rings (SSSR count). The summed E-state index contributed by atoms with van der Waals surface area (Å²) in [6, 6.07) is 0.200. The van der Waals surface area contributed by atoms with Crippen LogP contribution < -0.4 is 5.32 Å². The van der Waals surface area contributed by atoms with Gasteiger partial charge in [0.1, 0.15) is 0 Å². The van der Waals surface area contributed by atoms with Crippen LogP contribution in [0.2, 0.25) is 0 Å². The van der Waals surface area contributed by atoms with Gasteiger partial charge < -0.3 is 5.32 Å². The number of rotatable bonds is 9. The van der Waals surface area contributed by atoms with Crippen LogP contribution in [0.15, 0.2) is 0 Å². The maximum atomic E-state index is 11.6. The van der Waals surface area contributed by atoms with Crippen LogP contribution >= 0.6 is 0 Å². The zero-order valence-corrected chi connectivity index (χ0v) is 13.6.